The van der Waals surface area contributed by atoms with Gasteiger partial charge in [-0.3, -0.25) is 9.89 Å². The number of nitrogens with zero attached hydrogens (tertiary/aromatic N) is 2. The maximum absolute atomic E-state index is 12.4. The van der Waals surface area contributed by atoms with E-state index in [0.717, 1.165) is 32.4 Å². The fraction of sp³-hybridized carbons (Fsp3) is 0.500. The molecule has 2 aromatic rings. The van der Waals surface area contributed by atoms with Crippen molar-refractivity contribution >= 4 is 17.2 Å². The Kier molecular flexibility index (Phi) is 4.70. The third-order valence-corrected chi connectivity index (χ3v) is 5.04. The normalized spacial score (nSPS) is 18.9. The standard InChI is InChI=1S/C16H21N3OS/c20-16(6-5-15-4-2-10-21-15)19-9-1-3-13(12-19)11-14-7-8-17-18-14/h2,4,7-8,10,13H,1,3,5-6,9,11-12H2,(H,17,18)/t13-/m1/s1. The number of aryl methyl sites for hydroxylation is 1. The zero-order chi connectivity index (χ0) is 14.5. The van der Waals surface area contributed by atoms with Crippen molar-refractivity contribution in [1.82, 2.24) is 15.1 Å². The van der Waals surface area contributed by atoms with Gasteiger partial charge in [0, 0.05) is 36.3 Å². The maximum Gasteiger partial charge on any atom is 0.222 e. The highest BCUT2D eigenvalue weighted by atomic mass is 32.1. The molecule has 4 nitrogen and oxygen atoms in total. The van der Waals surface area contributed by atoms with Crippen LogP contribution in [0.1, 0.15) is 29.8 Å². The fourth-order valence-electron chi connectivity index (χ4n) is 3.01. The maximum atomic E-state index is 12.4. The SMILES string of the molecule is O=C(CCc1cccs1)N1CCC[C@H](Cc2ccn[nH]2)C1. The smallest absolute Gasteiger partial charge is 0.222 e. The number of amides is 1. The molecular formula is C16H21N3OS. The van der Waals surface area contributed by atoms with Gasteiger partial charge < -0.3 is 4.90 Å². The van der Waals surface area contributed by atoms with E-state index in [9.17, 15) is 4.79 Å². The summed E-state index contributed by atoms with van der Waals surface area (Å²) in [5.74, 6) is 0.864. The Morgan fingerprint density at radius 2 is 2.43 bits per heavy atom. The Hall–Kier alpha value is -1.62. The molecule has 1 aliphatic rings. The Morgan fingerprint density at radius 1 is 1.48 bits per heavy atom. The molecule has 1 N–H and O–H groups in total. The summed E-state index contributed by atoms with van der Waals surface area (Å²) >= 11 is 1.73. The van der Waals surface area contributed by atoms with Crippen LogP contribution in [0.5, 0.6) is 0 Å². The van der Waals surface area contributed by atoms with Gasteiger partial charge in [-0.25, -0.2) is 0 Å². The zero-order valence-corrected chi connectivity index (χ0v) is 12.9. The molecular weight excluding hydrogens is 282 g/mol. The van der Waals surface area contributed by atoms with Crippen LogP contribution in [0.2, 0.25) is 0 Å². The fourth-order valence-corrected chi connectivity index (χ4v) is 3.72. The number of carbonyl (C=O) groups excluding carboxylic acids is 1. The quantitative estimate of drug-likeness (QED) is 0.923. The average Bonchev–Trinajstić information content (AvgIpc) is 3.18. The molecule has 21 heavy (non-hydrogen) atoms. The monoisotopic (exact) mass is 303 g/mol. The van der Waals surface area contributed by atoms with E-state index in [4.69, 9.17) is 0 Å². The molecule has 0 unspecified atom stereocenters. The molecule has 5 heteroatoms. The molecule has 0 radical (unpaired) electrons. The molecule has 1 amide bonds. The van der Waals surface area contributed by atoms with Crippen LogP contribution < -0.4 is 0 Å². The Morgan fingerprint density at radius 3 is 3.19 bits per heavy atom. The van der Waals surface area contributed by atoms with E-state index in [1.54, 1.807) is 17.5 Å². The molecule has 0 saturated carbocycles. The predicted octanol–water partition coefficient (Wildman–Crippen LogP) is 2.89. The zero-order valence-electron chi connectivity index (χ0n) is 12.1. The number of hydrogen-bond acceptors (Lipinski definition) is 3. The number of H-pyrrole nitrogens is 1. The van der Waals surface area contributed by atoms with Crippen LogP contribution in [0.25, 0.3) is 0 Å². The minimum atomic E-state index is 0.303. The molecule has 3 heterocycles. The van der Waals surface area contributed by atoms with E-state index >= 15 is 0 Å². The summed E-state index contributed by atoms with van der Waals surface area (Å²) in [4.78, 5) is 15.7. The van der Waals surface area contributed by atoms with Gasteiger partial charge in [0.25, 0.3) is 0 Å². The molecule has 1 atom stereocenters. The highest BCUT2D eigenvalue weighted by Gasteiger charge is 2.23. The summed E-state index contributed by atoms with van der Waals surface area (Å²) in [7, 11) is 0. The largest absolute Gasteiger partial charge is 0.342 e. The van der Waals surface area contributed by atoms with Crippen LogP contribution in [-0.4, -0.2) is 34.1 Å². The number of piperidine rings is 1. The summed E-state index contributed by atoms with van der Waals surface area (Å²) < 4.78 is 0. The van der Waals surface area contributed by atoms with E-state index in [-0.39, 0.29) is 0 Å². The van der Waals surface area contributed by atoms with Gasteiger partial charge in [0.15, 0.2) is 0 Å². The minimum Gasteiger partial charge on any atom is -0.342 e. The molecule has 1 aliphatic heterocycles. The first-order valence-electron chi connectivity index (χ1n) is 7.59. The first-order valence-corrected chi connectivity index (χ1v) is 8.47. The van der Waals surface area contributed by atoms with E-state index in [1.807, 2.05) is 12.1 Å². The third kappa shape index (κ3) is 3.94. The second kappa shape index (κ2) is 6.89. The highest BCUT2D eigenvalue weighted by Crippen LogP contribution is 2.21. The number of likely N-dealkylation sites (tertiary alicyclic amines) is 1. The average molecular weight is 303 g/mol. The number of aromatic nitrogens is 2. The number of carbonyl (C=O) groups is 1. The Bertz CT molecular complexity index is 550. The van der Waals surface area contributed by atoms with Crippen molar-refractivity contribution in [1.29, 1.82) is 0 Å². The van der Waals surface area contributed by atoms with Crippen molar-refractivity contribution in [3.63, 3.8) is 0 Å². The predicted molar refractivity (Wildman–Crippen MR) is 84.2 cm³/mol. The number of rotatable bonds is 5. The lowest BCUT2D eigenvalue weighted by Crippen LogP contribution is -2.40. The first kappa shape index (κ1) is 14.3. The molecule has 0 spiro atoms. The molecule has 112 valence electrons. The van der Waals surface area contributed by atoms with Crippen LogP contribution in [-0.2, 0) is 17.6 Å². The number of aromatic amines is 1. The van der Waals surface area contributed by atoms with Crippen molar-refractivity contribution in [2.24, 2.45) is 5.92 Å². The van der Waals surface area contributed by atoms with E-state index in [1.165, 1.54) is 17.0 Å². The van der Waals surface area contributed by atoms with E-state index < -0.39 is 0 Å². The summed E-state index contributed by atoms with van der Waals surface area (Å²) in [6, 6.07) is 6.18. The van der Waals surface area contributed by atoms with Gasteiger partial charge in [0.05, 0.1) is 0 Å². The van der Waals surface area contributed by atoms with Crippen LogP contribution in [0.3, 0.4) is 0 Å². The Balaban J connectivity index is 1.49. The molecule has 0 aromatic carbocycles. The van der Waals surface area contributed by atoms with Gasteiger partial charge in [0.1, 0.15) is 0 Å². The van der Waals surface area contributed by atoms with Gasteiger partial charge >= 0.3 is 0 Å². The van der Waals surface area contributed by atoms with Crippen LogP contribution >= 0.6 is 11.3 Å². The van der Waals surface area contributed by atoms with Crippen molar-refractivity contribution in [2.45, 2.75) is 32.1 Å². The lowest BCUT2D eigenvalue weighted by atomic mass is 9.93. The van der Waals surface area contributed by atoms with Crippen molar-refractivity contribution < 1.29 is 4.79 Å². The number of nitrogens with one attached hydrogen (secondary N) is 1. The minimum absolute atomic E-state index is 0.303. The topological polar surface area (TPSA) is 49.0 Å². The molecule has 1 saturated heterocycles. The third-order valence-electron chi connectivity index (χ3n) is 4.10. The molecule has 2 aromatic heterocycles. The van der Waals surface area contributed by atoms with Gasteiger partial charge in [-0.15, -0.1) is 11.3 Å². The van der Waals surface area contributed by atoms with Gasteiger partial charge in [0.2, 0.25) is 5.91 Å². The summed E-state index contributed by atoms with van der Waals surface area (Å²) in [6.45, 7) is 1.81. The first-order chi connectivity index (χ1) is 10.3. The second-order valence-corrected chi connectivity index (χ2v) is 6.75. The summed E-state index contributed by atoms with van der Waals surface area (Å²) in [6.07, 6.45) is 6.61. The van der Waals surface area contributed by atoms with Crippen molar-refractivity contribution in [2.75, 3.05) is 13.1 Å². The van der Waals surface area contributed by atoms with Gasteiger partial charge in [-0.05, 0) is 49.1 Å². The van der Waals surface area contributed by atoms with Crippen LogP contribution in [0, 0.1) is 5.92 Å². The number of thiophene rings is 1. The molecule has 0 bridgehead atoms. The molecule has 0 aliphatic carbocycles. The summed E-state index contributed by atoms with van der Waals surface area (Å²) in [5, 5.41) is 9.09. The molecule has 3 rings (SSSR count). The number of hydrogen-bond donors (Lipinski definition) is 1. The van der Waals surface area contributed by atoms with Crippen LogP contribution in [0.4, 0.5) is 0 Å². The lowest BCUT2D eigenvalue weighted by Gasteiger charge is -2.32. The Labute approximate surface area is 129 Å². The lowest BCUT2D eigenvalue weighted by molar-refractivity contribution is -0.132. The van der Waals surface area contributed by atoms with E-state index in [0.29, 0.717) is 18.2 Å². The molecule has 1 fully saturated rings. The van der Waals surface area contributed by atoms with E-state index in [2.05, 4.69) is 26.5 Å². The van der Waals surface area contributed by atoms with Gasteiger partial charge in [-0.2, -0.15) is 5.10 Å². The van der Waals surface area contributed by atoms with Crippen molar-refractivity contribution in [3.8, 4) is 0 Å². The highest BCUT2D eigenvalue weighted by molar-refractivity contribution is 7.09. The summed E-state index contributed by atoms with van der Waals surface area (Å²) in [5.41, 5.74) is 1.17. The van der Waals surface area contributed by atoms with Gasteiger partial charge in [-0.1, -0.05) is 6.07 Å². The van der Waals surface area contributed by atoms with Crippen molar-refractivity contribution in [3.05, 3.63) is 40.3 Å². The van der Waals surface area contributed by atoms with Crippen LogP contribution in [0.15, 0.2) is 29.8 Å². The second-order valence-electron chi connectivity index (χ2n) is 5.71.